The molecule has 1 aliphatic rings. The molecule has 2 unspecified atom stereocenters. The molecule has 134 valence electrons. The van der Waals surface area contributed by atoms with Gasteiger partial charge in [-0.1, -0.05) is 42.5 Å². The standard InChI is InChI=1S/C22H30N2O/c1-17(24(3)21-11-12-21)15-23-18(2)20-9-13-22(14-10-20)25-16-19-7-5-4-6-8-19/h4-10,13-14,17-18,21,23H,11-12,15-16H2,1-3H3. The van der Waals surface area contributed by atoms with Crippen molar-refractivity contribution in [1.82, 2.24) is 10.2 Å². The summed E-state index contributed by atoms with van der Waals surface area (Å²) in [6, 6.07) is 20.5. The van der Waals surface area contributed by atoms with Crippen LogP contribution in [-0.2, 0) is 6.61 Å². The fraction of sp³-hybridized carbons (Fsp3) is 0.455. The number of nitrogens with one attached hydrogen (secondary N) is 1. The molecule has 3 rings (SSSR count). The predicted molar refractivity (Wildman–Crippen MR) is 104 cm³/mol. The molecule has 1 fully saturated rings. The van der Waals surface area contributed by atoms with Gasteiger partial charge in [0.2, 0.25) is 0 Å². The van der Waals surface area contributed by atoms with E-state index in [0.717, 1.165) is 18.3 Å². The molecule has 25 heavy (non-hydrogen) atoms. The van der Waals surface area contributed by atoms with Gasteiger partial charge in [-0.25, -0.2) is 0 Å². The van der Waals surface area contributed by atoms with Crippen molar-refractivity contribution in [3.63, 3.8) is 0 Å². The highest BCUT2D eigenvalue weighted by atomic mass is 16.5. The van der Waals surface area contributed by atoms with Gasteiger partial charge in [0, 0.05) is 24.7 Å². The molecule has 0 amide bonds. The second-order valence-electron chi connectivity index (χ2n) is 7.22. The third kappa shape index (κ3) is 5.32. The number of hydrogen-bond donors (Lipinski definition) is 1. The lowest BCUT2D eigenvalue weighted by molar-refractivity contribution is 0.237. The SMILES string of the molecule is CC(NCC(C)N(C)C1CC1)c1ccc(OCc2ccccc2)cc1. The van der Waals surface area contributed by atoms with Crippen LogP contribution in [0.5, 0.6) is 5.75 Å². The van der Waals surface area contributed by atoms with Gasteiger partial charge < -0.3 is 10.1 Å². The molecule has 2 aromatic rings. The Labute approximate surface area is 152 Å². The molecule has 1 saturated carbocycles. The zero-order valence-electron chi connectivity index (χ0n) is 15.6. The van der Waals surface area contributed by atoms with Crippen LogP contribution in [0.4, 0.5) is 0 Å². The highest BCUT2D eigenvalue weighted by molar-refractivity contribution is 5.29. The maximum atomic E-state index is 5.86. The maximum Gasteiger partial charge on any atom is 0.119 e. The van der Waals surface area contributed by atoms with Gasteiger partial charge in [0.15, 0.2) is 0 Å². The number of hydrogen-bond acceptors (Lipinski definition) is 3. The molecule has 1 aliphatic carbocycles. The van der Waals surface area contributed by atoms with Gasteiger partial charge >= 0.3 is 0 Å². The lowest BCUT2D eigenvalue weighted by Gasteiger charge is -2.26. The van der Waals surface area contributed by atoms with E-state index in [1.54, 1.807) is 0 Å². The first-order chi connectivity index (χ1) is 12.1. The van der Waals surface area contributed by atoms with Gasteiger partial charge in [-0.3, -0.25) is 4.90 Å². The Morgan fingerprint density at radius 2 is 1.72 bits per heavy atom. The van der Waals surface area contributed by atoms with E-state index < -0.39 is 0 Å². The minimum absolute atomic E-state index is 0.346. The average Bonchev–Trinajstić information content (AvgIpc) is 3.50. The van der Waals surface area contributed by atoms with Crippen LogP contribution >= 0.6 is 0 Å². The van der Waals surface area contributed by atoms with Crippen LogP contribution in [-0.4, -0.2) is 30.6 Å². The monoisotopic (exact) mass is 338 g/mol. The van der Waals surface area contributed by atoms with Gasteiger partial charge in [0.1, 0.15) is 12.4 Å². The van der Waals surface area contributed by atoms with Crippen LogP contribution in [0, 0.1) is 0 Å². The topological polar surface area (TPSA) is 24.5 Å². The molecule has 1 N–H and O–H groups in total. The summed E-state index contributed by atoms with van der Waals surface area (Å²) in [7, 11) is 2.24. The first-order valence-corrected chi connectivity index (χ1v) is 9.35. The van der Waals surface area contributed by atoms with Crippen molar-refractivity contribution in [2.75, 3.05) is 13.6 Å². The smallest absolute Gasteiger partial charge is 0.119 e. The Morgan fingerprint density at radius 1 is 1.04 bits per heavy atom. The summed E-state index contributed by atoms with van der Waals surface area (Å²) >= 11 is 0. The molecule has 0 aromatic heterocycles. The van der Waals surface area contributed by atoms with Crippen molar-refractivity contribution in [3.8, 4) is 5.75 Å². The Kier molecular flexibility index (Phi) is 6.11. The Bertz CT molecular complexity index is 637. The highest BCUT2D eigenvalue weighted by Gasteiger charge is 2.28. The van der Waals surface area contributed by atoms with E-state index in [-0.39, 0.29) is 0 Å². The van der Waals surface area contributed by atoms with Gasteiger partial charge in [-0.15, -0.1) is 0 Å². The largest absolute Gasteiger partial charge is 0.489 e. The number of rotatable bonds is 9. The lowest BCUT2D eigenvalue weighted by Crippen LogP contribution is -2.39. The van der Waals surface area contributed by atoms with Crippen LogP contribution in [0.15, 0.2) is 54.6 Å². The minimum atomic E-state index is 0.346. The third-order valence-corrected chi connectivity index (χ3v) is 5.17. The van der Waals surface area contributed by atoms with E-state index in [2.05, 4.69) is 67.5 Å². The minimum Gasteiger partial charge on any atom is -0.489 e. The molecule has 0 spiro atoms. The molecule has 0 saturated heterocycles. The van der Waals surface area contributed by atoms with Crippen molar-refractivity contribution in [2.45, 2.75) is 51.4 Å². The van der Waals surface area contributed by atoms with E-state index in [0.29, 0.717) is 18.7 Å². The molecule has 0 bridgehead atoms. The highest BCUT2D eigenvalue weighted by Crippen LogP contribution is 2.27. The summed E-state index contributed by atoms with van der Waals surface area (Å²) in [5, 5.41) is 3.66. The van der Waals surface area contributed by atoms with E-state index in [1.165, 1.54) is 24.0 Å². The van der Waals surface area contributed by atoms with Crippen LogP contribution < -0.4 is 10.1 Å². The zero-order chi connectivity index (χ0) is 17.6. The van der Waals surface area contributed by atoms with Crippen molar-refractivity contribution in [2.24, 2.45) is 0 Å². The Morgan fingerprint density at radius 3 is 2.36 bits per heavy atom. The summed E-state index contributed by atoms with van der Waals surface area (Å²) < 4.78 is 5.86. The summed E-state index contributed by atoms with van der Waals surface area (Å²) in [6.07, 6.45) is 2.72. The van der Waals surface area contributed by atoms with Crippen LogP contribution in [0.25, 0.3) is 0 Å². The van der Waals surface area contributed by atoms with Crippen molar-refractivity contribution in [3.05, 3.63) is 65.7 Å². The molecule has 3 heteroatoms. The number of ether oxygens (including phenoxy) is 1. The number of benzene rings is 2. The van der Waals surface area contributed by atoms with Gasteiger partial charge in [0.05, 0.1) is 0 Å². The van der Waals surface area contributed by atoms with Crippen LogP contribution in [0.2, 0.25) is 0 Å². The van der Waals surface area contributed by atoms with Gasteiger partial charge in [0.25, 0.3) is 0 Å². The summed E-state index contributed by atoms with van der Waals surface area (Å²) in [5.41, 5.74) is 2.49. The second-order valence-corrected chi connectivity index (χ2v) is 7.22. The Hall–Kier alpha value is -1.84. The first-order valence-electron chi connectivity index (χ1n) is 9.35. The van der Waals surface area contributed by atoms with E-state index in [4.69, 9.17) is 4.74 Å². The predicted octanol–water partition coefficient (Wildman–Crippen LogP) is 4.40. The molecule has 2 atom stereocenters. The molecule has 0 heterocycles. The van der Waals surface area contributed by atoms with E-state index in [1.807, 2.05) is 18.2 Å². The van der Waals surface area contributed by atoms with Crippen LogP contribution in [0.1, 0.15) is 43.9 Å². The van der Waals surface area contributed by atoms with Crippen molar-refractivity contribution in [1.29, 1.82) is 0 Å². The number of nitrogens with zero attached hydrogens (tertiary/aromatic N) is 1. The van der Waals surface area contributed by atoms with Gasteiger partial charge in [-0.2, -0.15) is 0 Å². The average molecular weight is 338 g/mol. The summed E-state index contributed by atoms with van der Waals surface area (Å²) in [5.74, 6) is 0.918. The molecule has 0 aliphatic heterocycles. The Balaban J connectivity index is 1.45. The first kappa shape index (κ1) is 18.0. The van der Waals surface area contributed by atoms with E-state index >= 15 is 0 Å². The molecular formula is C22H30N2O. The van der Waals surface area contributed by atoms with Crippen molar-refractivity contribution < 1.29 is 4.74 Å². The van der Waals surface area contributed by atoms with Crippen molar-refractivity contribution >= 4 is 0 Å². The van der Waals surface area contributed by atoms with Gasteiger partial charge in [-0.05, 0) is 57.0 Å². The summed E-state index contributed by atoms with van der Waals surface area (Å²) in [4.78, 5) is 2.50. The third-order valence-electron chi connectivity index (χ3n) is 5.17. The fourth-order valence-electron chi connectivity index (χ4n) is 3.04. The summed E-state index contributed by atoms with van der Waals surface area (Å²) in [6.45, 7) is 6.15. The molecule has 0 radical (unpaired) electrons. The number of likely N-dealkylation sites (N-methyl/N-ethyl adjacent to an activating group) is 1. The second kappa shape index (κ2) is 8.50. The van der Waals surface area contributed by atoms with Crippen LogP contribution in [0.3, 0.4) is 0 Å². The molecule has 2 aromatic carbocycles. The molecule has 3 nitrogen and oxygen atoms in total. The normalized spacial score (nSPS) is 16.6. The zero-order valence-corrected chi connectivity index (χ0v) is 15.6. The fourth-order valence-corrected chi connectivity index (χ4v) is 3.04. The lowest BCUT2D eigenvalue weighted by atomic mass is 10.1. The molecular weight excluding hydrogens is 308 g/mol. The quantitative estimate of drug-likeness (QED) is 0.733. The maximum absolute atomic E-state index is 5.86. The van der Waals surface area contributed by atoms with E-state index in [9.17, 15) is 0 Å².